The third kappa shape index (κ3) is 3.87. The fourth-order valence-corrected chi connectivity index (χ4v) is 3.16. The van der Waals surface area contributed by atoms with Crippen LogP contribution in [-0.4, -0.2) is 17.9 Å². The first-order chi connectivity index (χ1) is 10.6. The Morgan fingerprint density at radius 2 is 1.95 bits per heavy atom. The summed E-state index contributed by atoms with van der Waals surface area (Å²) < 4.78 is 0. The maximum absolute atomic E-state index is 12.4. The molecule has 2 saturated carbocycles. The number of hydrogen-bond donors (Lipinski definition) is 2. The largest absolute Gasteiger partial charge is 0.349 e. The highest BCUT2D eigenvalue weighted by Crippen LogP contribution is 2.30. The van der Waals surface area contributed by atoms with Gasteiger partial charge in [0, 0.05) is 23.2 Å². The molecule has 2 aliphatic rings. The molecule has 0 saturated heterocycles. The van der Waals surface area contributed by atoms with Crippen molar-refractivity contribution < 1.29 is 9.59 Å². The lowest BCUT2D eigenvalue weighted by Gasteiger charge is -2.27. The van der Waals surface area contributed by atoms with Gasteiger partial charge >= 0.3 is 0 Å². The smallest absolute Gasteiger partial charge is 0.251 e. The highest BCUT2D eigenvalue weighted by atomic mass is 16.2. The van der Waals surface area contributed by atoms with Gasteiger partial charge in [0.25, 0.3) is 5.91 Å². The summed E-state index contributed by atoms with van der Waals surface area (Å²) in [6.07, 6.45) is 6.52. The van der Waals surface area contributed by atoms with Crippen molar-refractivity contribution in [3.05, 3.63) is 29.8 Å². The molecule has 0 spiro atoms. The van der Waals surface area contributed by atoms with Gasteiger partial charge in [-0.3, -0.25) is 9.59 Å². The highest BCUT2D eigenvalue weighted by molar-refractivity contribution is 5.98. The normalized spacial score (nSPS) is 24.6. The minimum atomic E-state index is -0.0402. The van der Waals surface area contributed by atoms with Crippen molar-refractivity contribution in [2.45, 2.75) is 51.5 Å². The Morgan fingerprint density at radius 1 is 1.14 bits per heavy atom. The molecule has 2 amide bonds. The van der Waals surface area contributed by atoms with Gasteiger partial charge in [-0.2, -0.15) is 0 Å². The average molecular weight is 300 g/mol. The Kier molecular flexibility index (Phi) is 4.46. The van der Waals surface area contributed by atoms with Crippen LogP contribution in [-0.2, 0) is 4.79 Å². The molecule has 22 heavy (non-hydrogen) atoms. The van der Waals surface area contributed by atoms with Crippen molar-refractivity contribution >= 4 is 17.5 Å². The van der Waals surface area contributed by atoms with Gasteiger partial charge in [0.1, 0.15) is 0 Å². The third-order valence-electron chi connectivity index (χ3n) is 4.61. The van der Waals surface area contributed by atoms with Crippen molar-refractivity contribution in [1.29, 1.82) is 0 Å². The Bertz CT molecular complexity index is 566. The summed E-state index contributed by atoms with van der Waals surface area (Å²) in [5, 5.41) is 6.02. The zero-order chi connectivity index (χ0) is 15.5. The molecule has 1 aromatic carbocycles. The summed E-state index contributed by atoms with van der Waals surface area (Å²) >= 11 is 0. The molecular weight excluding hydrogens is 276 g/mol. The number of rotatable bonds is 4. The SMILES string of the molecule is CC1CCCC(NC(=O)c2cccc(NC(=O)C3CC3)c2)C1. The molecule has 0 bridgehead atoms. The molecular formula is C18H24N2O2. The monoisotopic (exact) mass is 300 g/mol. The number of benzene rings is 1. The van der Waals surface area contributed by atoms with E-state index in [0.717, 1.165) is 25.7 Å². The first-order valence-corrected chi connectivity index (χ1v) is 8.33. The van der Waals surface area contributed by atoms with E-state index < -0.39 is 0 Å². The number of nitrogens with one attached hydrogen (secondary N) is 2. The van der Waals surface area contributed by atoms with E-state index in [1.807, 2.05) is 12.1 Å². The van der Waals surface area contributed by atoms with E-state index in [9.17, 15) is 9.59 Å². The predicted molar refractivity (Wildman–Crippen MR) is 86.7 cm³/mol. The number of carbonyl (C=O) groups excluding carboxylic acids is 2. The van der Waals surface area contributed by atoms with Crippen LogP contribution in [0.3, 0.4) is 0 Å². The fraction of sp³-hybridized carbons (Fsp3) is 0.556. The van der Waals surface area contributed by atoms with Crippen LogP contribution in [0.1, 0.15) is 55.8 Å². The van der Waals surface area contributed by atoms with E-state index in [2.05, 4.69) is 17.6 Å². The van der Waals surface area contributed by atoms with E-state index in [4.69, 9.17) is 0 Å². The fourth-order valence-electron chi connectivity index (χ4n) is 3.16. The average Bonchev–Trinajstić information content (AvgIpc) is 3.32. The maximum atomic E-state index is 12.4. The molecule has 2 aliphatic carbocycles. The molecule has 0 aromatic heterocycles. The van der Waals surface area contributed by atoms with Gasteiger partial charge in [-0.15, -0.1) is 0 Å². The number of hydrogen-bond acceptors (Lipinski definition) is 2. The molecule has 1 aromatic rings. The Hall–Kier alpha value is -1.84. The minimum absolute atomic E-state index is 0.0402. The van der Waals surface area contributed by atoms with Gasteiger partial charge in [-0.1, -0.05) is 25.8 Å². The van der Waals surface area contributed by atoms with E-state index in [1.54, 1.807) is 12.1 Å². The lowest BCUT2D eigenvalue weighted by atomic mass is 9.87. The summed E-state index contributed by atoms with van der Waals surface area (Å²) in [4.78, 5) is 24.2. The van der Waals surface area contributed by atoms with E-state index in [-0.39, 0.29) is 23.8 Å². The summed E-state index contributed by atoms with van der Waals surface area (Å²) in [6.45, 7) is 2.24. The molecule has 2 atom stereocenters. The second kappa shape index (κ2) is 6.51. The second-order valence-electron chi connectivity index (χ2n) is 6.79. The first-order valence-electron chi connectivity index (χ1n) is 8.33. The molecule has 0 radical (unpaired) electrons. The maximum Gasteiger partial charge on any atom is 0.251 e. The van der Waals surface area contributed by atoms with Gasteiger partial charge in [0.2, 0.25) is 5.91 Å². The summed E-state index contributed by atoms with van der Waals surface area (Å²) in [7, 11) is 0. The quantitative estimate of drug-likeness (QED) is 0.896. The topological polar surface area (TPSA) is 58.2 Å². The van der Waals surface area contributed by atoms with Crippen molar-refractivity contribution in [3.8, 4) is 0 Å². The van der Waals surface area contributed by atoms with Crippen LogP contribution in [0, 0.1) is 11.8 Å². The van der Waals surface area contributed by atoms with Crippen LogP contribution < -0.4 is 10.6 Å². The summed E-state index contributed by atoms with van der Waals surface area (Å²) in [6, 6.07) is 7.50. The van der Waals surface area contributed by atoms with Crippen LogP contribution in [0.2, 0.25) is 0 Å². The van der Waals surface area contributed by atoms with Crippen LogP contribution >= 0.6 is 0 Å². The second-order valence-corrected chi connectivity index (χ2v) is 6.79. The zero-order valence-electron chi connectivity index (χ0n) is 13.1. The molecule has 2 unspecified atom stereocenters. The van der Waals surface area contributed by atoms with Gasteiger partial charge in [-0.05, 0) is 49.8 Å². The molecule has 2 N–H and O–H groups in total. The molecule has 3 rings (SSSR count). The molecule has 2 fully saturated rings. The van der Waals surface area contributed by atoms with Crippen molar-refractivity contribution in [3.63, 3.8) is 0 Å². The molecule has 0 aliphatic heterocycles. The lowest BCUT2D eigenvalue weighted by Crippen LogP contribution is -2.38. The van der Waals surface area contributed by atoms with Gasteiger partial charge in [-0.25, -0.2) is 0 Å². The number of carbonyl (C=O) groups is 2. The minimum Gasteiger partial charge on any atom is -0.349 e. The lowest BCUT2D eigenvalue weighted by molar-refractivity contribution is -0.117. The number of amides is 2. The van der Waals surface area contributed by atoms with Gasteiger partial charge in [0.15, 0.2) is 0 Å². The van der Waals surface area contributed by atoms with Crippen LogP contribution in [0.25, 0.3) is 0 Å². The standard InChI is InChI=1S/C18H24N2O2/c1-12-4-2-6-15(10-12)19-18(22)14-5-3-7-16(11-14)20-17(21)13-8-9-13/h3,5,7,11-13,15H,2,4,6,8-10H2,1H3,(H,19,22)(H,20,21). The summed E-state index contributed by atoms with van der Waals surface area (Å²) in [5.74, 6) is 0.879. The number of anilines is 1. The van der Waals surface area contributed by atoms with Gasteiger partial charge < -0.3 is 10.6 Å². The van der Waals surface area contributed by atoms with Crippen LogP contribution in [0.15, 0.2) is 24.3 Å². The zero-order valence-corrected chi connectivity index (χ0v) is 13.1. The first kappa shape index (κ1) is 15.1. The van der Waals surface area contributed by atoms with Crippen molar-refractivity contribution in [2.75, 3.05) is 5.32 Å². The Balaban J connectivity index is 1.60. The Labute approximate surface area is 131 Å². The third-order valence-corrected chi connectivity index (χ3v) is 4.61. The molecule has 4 nitrogen and oxygen atoms in total. The molecule has 0 heterocycles. The summed E-state index contributed by atoms with van der Waals surface area (Å²) in [5.41, 5.74) is 1.33. The van der Waals surface area contributed by atoms with Crippen LogP contribution in [0.4, 0.5) is 5.69 Å². The van der Waals surface area contributed by atoms with Gasteiger partial charge in [0.05, 0.1) is 0 Å². The Morgan fingerprint density at radius 3 is 2.68 bits per heavy atom. The van der Waals surface area contributed by atoms with E-state index in [0.29, 0.717) is 17.2 Å². The predicted octanol–water partition coefficient (Wildman–Crippen LogP) is 3.34. The molecule has 4 heteroatoms. The highest BCUT2D eigenvalue weighted by Gasteiger charge is 2.29. The van der Waals surface area contributed by atoms with E-state index >= 15 is 0 Å². The molecule has 118 valence electrons. The van der Waals surface area contributed by atoms with Crippen molar-refractivity contribution in [2.24, 2.45) is 11.8 Å². The van der Waals surface area contributed by atoms with Crippen molar-refractivity contribution in [1.82, 2.24) is 5.32 Å². The van der Waals surface area contributed by atoms with E-state index in [1.165, 1.54) is 12.8 Å². The van der Waals surface area contributed by atoms with Crippen LogP contribution in [0.5, 0.6) is 0 Å².